The van der Waals surface area contributed by atoms with E-state index < -0.39 is 10.8 Å². The molecular weight excluding hydrogens is 269 g/mol. The minimum atomic E-state index is -0.666. The molecule has 2 heterocycles. The summed E-state index contributed by atoms with van der Waals surface area (Å²) in [6.45, 7) is 0. The molecule has 0 aliphatic carbocycles. The zero-order valence-electron chi connectivity index (χ0n) is 9.82. The minimum Gasteiger partial charge on any atom is -0.395 e. The van der Waals surface area contributed by atoms with E-state index in [-0.39, 0.29) is 23.3 Å². The van der Waals surface area contributed by atoms with Crippen molar-refractivity contribution < 1.29 is 18.3 Å². The van der Waals surface area contributed by atoms with Crippen molar-refractivity contribution in [2.24, 2.45) is 0 Å². The van der Waals surface area contributed by atoms with Crippen LogP contribution in [0.25, 0.3) is 23.0 Å². The van der Waals surface area contributed by atoms with Crippen LogP contribution in [0.3, 0.4) is 0 Å². The number of benzene rings is 1. The highest BCUT2D eigenvalue weighted by molar-refractivity contribution is 5.57. The zero-order valence-corrected chi connectivity index (χ0v) is 9.82. The molecule has 0 amide bonds. The predicted molar refractivity (Wildman–Crippen MR) is 64.0 cm³/mol. The largest absolute Gasteiger partial charge is 0.433 e. The van der Waals surface area contributed by atoms with Crippen molar-refractivity contribution in [3.63, 3.8) is 0 Å². The average molecular weight is 275 g/mol. The predicted octanol–water partition coefficient (Wildman–Crippen LogP) is 3.04. The van der Waals surface area contributed by atoms with Crippen molar-refractivity contribution in [3.8, 4) is 23.0 Å². The Hall–Kier alpha value is -3.03. The van der Waals surface area contributed by atoms with E-state index in [0.29, 0.717) is 5.56 Å². The summed E-state index contributed by atoms with van der Waals surface area (Å²) in [4.78, 5) is 13.9. The lowest BCUT2D eigenvalue weighted by atomic mass is 10.2. The molecule has 0 N–H and O–H groups in total. The molecule has 0 atom stereocenters. The van der Waals surface area contributed by atoms with Crippen molar-refractivity contribution in [3.05, 3.63) is 52.3 Å². The number of nitrogens with zero attached hydrogens (tertiary/aromatic N) is 3. The average Bonchev–Trinajstić information content (AvgIpc) is 3.08. The van der Waals surface area contributed by atoms with E-state index in [1.807, 2.05) is 0 Å². The van der Waals surface area contributed by atoms with Crippen LogP contribution in [0.1, 0.15) is 0 Å². The Kier molecular flexibility index (Phi) is 2.75. The van der Waals surface area contributed by atoms with Gasteiger partial charge in [0.1, 0.15) is 10.7 Å². The molecule has 1 aromatic carbocycles. The smallest absolute Gasteiger partial charge is 0.395 e. The van der Waals surface area contributed by atoms with Crippen molar-refractivity contribution in [1.82, 2.24) is 10.1 Å². The van der Waals surface area contributed by atoms with Crippen LogP contribution < -0.4 is 0 Å². The molecular formula is C12H6FN3O4. The lowest BCUT2D eigenvalue weighted by molar-refractivity contribution is -0.401. The first-order valence-corrected chi connectivity index (χ1v) is 5.48. The van der Waals surface area contributed by atoms with Crippen molar-refractivity contribution in [1.29, 1.82) is 0 Å². The van der Waals surface area contributed by atoms with Gasteiger partial charge in [0.2, 0.25) is 5.82 Å². The first-order valence-electron chi connectivity index (χ1n) is 5.48. The third-order valence-corrected chi connectivity index (χ3v) is 2.51. The second-order valence-corrected chi connectivity index (χ2v) is 3.83. The summed E-state index contributed by atoms with van der Waals surface area (Å²) in [5.41, 5.74) is 0.558. The molecule has 3 aromatic rings. The van der Waals surface area contributed by atoms with E-state index in [1.165, 1.54) is 36.4 Å². The fraction of sp³-hybridized carbons (Fsp3) is 0. The molecule has 20 heavy (non-hydrogen) atoms. The van der Waals surface area contributed by atoms with Gasteiger partial charge >= 0.3 is 5.88 Å². The van der Waals surface area contributed by atoms with Gasteiger partial charge in [-0.15, -0.1) is 0 Å². The molecule has 0 fully saturated rings. The molecule has 0 saturated carbocycles. The van der Waals surface area contributed by atoms with Crippen molar-refractivity contribution in [2.75, 3.05) is 0 Å². The molecule has 2 aromatic heterocycles. The molecule has 0 bridgehead atoms. The summed E-state index contributed by atoms with van der Waals surface area (Å²) in [7, 11) is 0. The maximum Gasteiger partial charge on any atom is 0.433 e. The second kappa shape index (κ2) is 4.57. The highest BCUT2D eigenvalue weighted by Crippen LogP contribution is 2.26. The Morgan fingerprint density at radius 1 is 1.15 bits per heavy atom. The monoisotopic (exact) mass is 275 g/mol. The summed E-state index contributed by atoms with van der Waals surface area (Å²) < 4.78 is 22.7. The summed E-state index contributed by atoms with van der Waals surface area (Å²) in [6.07, 6.45) is 0. The Labute approximate surface area is 110 Å². The fourth-order valence-corrected chi connectivity index (χ4v) is 1.58. The van der Waals surface area contributed by atoms with Crippen LogP contribution in [0.5, 0.6) is 0 Å². The van der Waals surface area contributed by atoms with Crippen LogP contribution in [0.15, 0.2) is 45.3 Å². The number of nitro groups is 1. The normalized spacial score (nSPS) is 10.7. The molecule has 100 valence electrons. The number of furan rings is 1. The van der Waals surface area contributed by atoms with Gasteiger partial charge in [0, 0.05) is 5.56 Å². The highest BCUT2D eigenvalue weighted by Gasteiger charge is 2.18. The summed E-state index contributed by atoms with van der Waals surface area (Å²) in [5.74, 6) is -0.449. The Morgan fingerprint density at radius 3 is 2.55 bits per heavy atom. The van der Waals surface area contributed by atoms with Crippen LogP contribution in [0.2, 0.25) is 0 Å². The van der Waals surface area contributed by atoms with Gasteiger partial charge in [-0.1, -0.05) is 5.16 Å². The standard InChI is InChI=1S/C12H6FN3O4/c13-8-3-1-7(2-4-8)11-14-12(20-15-11)9-5-6-10(19-9)16(17)18/h1-6H. The van der Waals surface area contributed by atoms with Gasteiger partial charge in [-0.05, 0) is 30.3 Å². The van der Waals surface area contributed by atoms with Gasteiger partial charge in [-0.2, -0.15) is 4.98 Å². The number of halogens is 1. The van der Waals surface area contributed by atoms with Crippen LogP contribution in [-0.4, -0.2) is 15.1 Å². The molecule has 0 saturated heterocycles. The fourth-order valence-electron chi connectivity index (χ4n) is 1.58. The molecule has 0 spiro atoms. The third kappa shape index (κ3) is 2.14. The lowest BCUT2D eigenvalue weighted by Gasteiger charge is -1.92. The second-order valence-electron chi connectivity index (χ2n) is 3.83. The Bertz CT molecular complexity index is 763. The Balaban J connectivity index is 1.93. The molecule has 7 nitrogen and oxygen atoms in total. The third-order valence-electron chi connectivity index (χ3n) is 2.51. The minimum absolute atomic E-state index is 0.0115. The maximum atomic E-state index is 12.8. The topological polar surface area (TPSA) is 95.2 Å². The van der Waals surface area contributed by atoms with E-state index in [4.69, 9.17) is 8.94 Å². The van der Waals surface area contributed by atoms with E-state index in [1.54, 1.807) is 0 Å². The number of rotatable bonds is 3. The molecule has 0 aliphatic heterocycles. The van der Waals surface area contributed by atoms with E-state index >= 15 is 0 Å². The van der Waals surface area contributed by atoms with Gasteiger partial charge in [0.05, 0.1) is 6.07 Å². The molecule has 0 radical (unpaired) electrons. The first kappa shape index (κ1) is 12.0. The van der Waals surface area contributed by atoms with Crippen LogP contribution >= 0.6 is 0 Å². The number of hydrogen-bond donors (Lipinski definition) is 0. The maximum absolute atomic E-state index is 12.8. The summed E-state index contributed by atoms with van der Waals surface area (Å²) in [6, 6.07) is 8.08. The molecule has 0 unspecified atom stereocenters. The van der Waals surface area contributed by atoms with Crippen molar-refractivity contribution >= 4 is 5.88 Å². The zero-order chi connectivity index (χ0) is 14.1. The van der Waals surface area contributed by atoms with Gasteiger partial charge in [-0.25, -0.2) is 4.39 Å². The first-order chi connectivity index (χ1) is 9.63. The van der Waals surface area contributed by atoms with E-state index in [0.717, 1.165) is 0 Å². The summed E-state index contributed by atoms with van der Waals surface area (Å²) >= 11 is 0. The molecule has 3 rings (SSSR count). The van der Waals surface area contributed by atoms with Crippen LogP contribution in [0.4, 0.5) is 10.3 Å². The van der Waals surface area contributed by atoms with Crippen LogP contribution in [0, 0.1) is 15.9 Å². The van der Waals surface area contributed by atoms with E-state index in [9.17, 15) is 14.5 Å². The lowest BCUT2D eigenvalue weighted by Crippen LogP contribution is -1.83. The van der Waals surface area contributed by atoms with Gasteiger partial charge < -0.3 is 8.94 Å². The van der Waals surface area contributed by atoms with Gasteiger partial charge in [-0.3, -0.25) is 10.1 Å². The number of aromatic nitrogens is 2. The molecule has 0 aliphatic rings. The quantitative estimate of drug-likeness (QED) is 0.538. The van der Waals surface area contributed by atoms with E-state index in [2.05, 4.69) is 10.1 Å². The SMILES string of the molecule is O=[N+]([O-])c1ccc(-c2nc(-c3ccc(F)cc3)no2)o1. The van der Waals surface area contributed by atoms with Crippen molar-refractivity contribution in [2.45, 2.75) is 0 Å². The van der Waals surface area contributed by atoms with Crippen LogP contribution in [-0.2, 0) is 0 Å². The number of hydrogen-bond acceptors (Lipinski definition) is 6. The molecule has 8 heteroatoms. The Morgan fingerprint density at radius 2 is 1.90 bits per heavy atom. The van der Waals surface area contributed by atoms with Gasteiger partial charge in [0.15, 0.2) is 5.76 Å². The highest BCUT2D eigenvalue weighted by atomic mass is 19.1. The summed E-state index contributed by atoms with van der Waals surface area (Å²) in [5, 5.41) is 14.2. The van der Waals surface area contributed by atoms with Gasteiger partial charge in [0.25, 0.3) is 5.89 Å².